The molecule has 0 radical (unpaired) electrons. The van der Waals surface area contributed by atoms with Crippen LogP contribution >= 0.6 is 0 Å². The van der Waals surface area contributed by atoms with Crippen molar-refractivity contribution in [1.29, 1.82) is 0 Å². The van der Waals surface area contributed by atoms with E-state index in [-0.39, 0.29) is 11.8 Å². The van der Waals surface area contributed by atoms with Gasteiger partial charge in [-0.15, -0.1) is 0 Å². The lowest BCUT2D eigenvalue weighted by Gasteiger charge is -2.15. The Morgan fingerprint density at radius 2 is 1.19 bits per heavy atom. The molecule has 0 spiro atoms. The van der Waals surface area contributed by atoms with Crippen LogP contribution in [0, 0.1) is 0 Å². The van der Waals surface area contributed by atoms with Gasteiger partial charge >= 0.3 is 0 Å². The Morgan fingerprint density at radius 3 is 1.44 bits per heavy atom. The van der Waals surface area contributed by atoms with Crippen LogP contribution in [0.3, 0.4) is 0 Å². The predicted molar refractivity (Wildman–Crippen MR) is 65.0 cm³/mol. The molecule has 0 aliphatic rings. The molecule has 0 atom stereocenters. The molecular formula is C12H22N2O2. The first-order valence-electron chi connectivity index (χ1n) is 5.71. The van der Waals surface area contributed by atoms with Gasteiger partial charge in [-0.05, 0) is 12.8 Å². The van der Waals surface area contributed by atoms with E-state index in [9.17, 15) is 9.59 Å². The van der Waals surface area contributed by atoms with Gasteiger partial charge in [-0.3, -0.25) is 9.59 Å². The van der Waals surface area contributed by atoms with Crippen molar-refractivity contribution in [1.82, 2.24) is 9.80 Å². The van der Waals surface area contributed by atoms with E-state index in [1.54, 1.807) is 23.9 Å². The van der Waals surface area contributed by atoms with Gasteiger partial charge in [-0.1, -0.05) is 13.8 Å². The zero-order chi connectivity index (χ0) is 12.6. The van der Waals surface area contributed by atoms with Gasteiger partial charge in [0.25, 0.3) is 0 Å². The van der Waals surface area contributed by atoms with Crippen LogP contribution in [0.5, 0.6) is 0 Å². The summed E-state index contributed by atoms with van der Waals surface area (Å²) in [5, 5.41) is 0. The van der Waals surface area contributed by atoms with E-state index in [1.807, 2.05) is 13.8 Å². The van der Waals surface area contributed by atoms with Gasteiger partial charge in [0.1, 0.15) is 0 Å². The lowest BCUT2D eigenvalue weighted by atomic mass is 10.3. The molecule has 0 unspecified atom stereocenters. The first-order chi connectivity index (χ1) is 7.52. The highest BCUT2D eigenvalue weighted by Crippen LogP contribution is 1.93. The summed E-state index contributed by atoms with van der Waals surface area (Å²) in [5.41, 5.74) is 0. The van der Waals surface area contributed by atoms with Crippen LogP contribution in [0.4, 0.5) is 0 Å². The molecule has 0 aromatic heterocycles. The summed E-state index contributed by atoms with van der Waals surface area (Å²) in [4.78, 5) is 26.2. The molecule has 0 fully saturated rings. The second kappa shape index (κ2) is 7.91. The van der Waals surface area contributed by atoms with E-state index in [0.717, 1.165) is 12.8 Å². The molecule has 0 bridgehead atoms. The molecule has 0 aliphatic carbocycles. The molecule has 4 heteroatoms. The second-order valence-electron chi connectivity index (χ2n) is 3.85. The molecule has 0 rings (SSSR count). The average Bonchev–Trinajstić information content (AvgIpc) is 2.25. The van der Waals surface area contributed by atoms with Crippen molar-refractivity contribution in [2.45, 2.75) is 26.7 Å². The smallest absolute Gasteiger partial charge is 0.246 e. The lowest BCUT2D eigenvalue weighted by molar-refractivity contribution is -0.127. The van der Waals surface area contributed by atoms with E-state index < -0.39 is 0 Å². The third kappa shape index (κ3) is 5.53. The molecule has 0 saturated heterocycles. The molecule has 0 aromatic rings. The van der Waals surface area contributed by atoms with Crippen LogP contribution < -0.4 is 0 Å². The van der Waals surface area contributed by atoms with E-state index in [4.69, 9.17) is 0 Å². The van der Waals surface area contributed by atoms with Crippen molar-refractivity contribution < 1.29 is 9.59 Å². The van der Waals surface area contributed by atoms with Crippen molar-refractivity contribution in [2.24, 2.45) is 0 Å². The van der Waals surface area contributed by atoms with E-state index in [2.05, 4.69) is 0 Å². The van der Waals surface area contributed by atoms with Crippen molar-refractivity contribution in [3.05, 3.63) is 12.2 Å². The second-order valence-corrected chi connectivity index (χ2v) is 3.85. The number of nitrogens with zero attached hydrogens (tertiary/aromatic N) is 2. The third-order valence-corrected chi connectivity index (χ3v) is 2.24. The fourth-order valence-electron chi connectivity index (χ4n) is 1.29. The van der Waals surface area contributed by atoms with Gasteiger partial charge in [0, 0.05) is 39.3 Å². The number of amides is 2. The Bertz CT molecular complexity index is 236. The summed E-state index contributed by atoms with van der Waals surface area (Å²) >= 11 is 0. The number of carbonyl (C=O) groups is 2. The Labute approximate surface area is 97.9 Å². The maximum absolute atomic E-state index is 11.5. The summed E-state index contributed by atoms with van der Waals surface area (Å²) in [6.45, 7) is 5.44. The van der Waals surface area contributed by atoms with Crippen LogP contribution in [0.15, 0.2) is 12.2 Å². The minimum Gasteiger partial charge on any atom is -0.342 e. The Balaban J connectivity index is 4.16. The standard InChI is InChI=1S/C12H22N2O2/c1-5-9-13(3)11(15)7-8-12(16)14(4)10-6-2/h7-8H,5-6,9-10H2,1-4H3/b8-7+. The number of likely N-dealkylation sites (N-methyl/N-ethyl adjacent to an activating group) is 2. The third-order valence-electron chi connectivity index (χ3n) is 2.24. The van der Waals surface area contributed by atoms with Crippen LogP contribution in [-0.4, -0.2) is 48.8 Å². The van der Waals surface area contributed by atoms with Crippen LogP contribution in [-0.2, 0) is 9.59 Å². The zero-order valence-corrected chi connectivity index (χ0v) is 10.7. The first-order valence-corrected chi connectivity index (χ1v) is 5.71. The number of hydrogen-bond donors (Lipinski definition) is 0. The molecule has 0 saturated carbocycles. The van der Waals surface area contributed by atoms with Crippen molar-refractivity contribution in [2.75, 3.05) is 27.2 Å². The Morgan fingerprint density at radius 1 is 0.875 bits per heavy atom. The fourth-order valence-corrected chi connectivity index (χ4v) is 1.29. The number of hydrogen-bond acceptors (Lipinski definition) is 2. The SMILES string of the molecule is CCCN(C)C(=O)/C=C/C(=O)N(C)CCC. The molecule has 0 N–H and O–H groups in total. The van der Waals surface area contributed by atoms with E-state index in [0.29, 0.717) is 13.1 Å². The number of carbonyl (C=O) groups excluding carboxylic acids is 2. The minimum atomic E-state index is -0.125. The van der Waals surface area contributed by atoms with Crippen LogP contribution in [0.1, 0.15) is 26.7 Å². The van der Waals surface area contributed by atoms with Gasteiger partial charge in [-0.2, -0.15) is 0 Å². The monoisotopic (exact) mass is 226 g/mol. The minimum absolute atomic E-state index is 0.125. The molecule has 0 heterocycles. The average molecular weight is 226 g/mol. The summed E-state index contributed by atoms with van der Waals surface area (Å²) in [6, 6.07) is 0. The maximum atomic E-state index is 11.5. The summed E-state index contributed by atoms with van der Waals surface area (Å²) < 4.78 is 0. The summed E-state index contributed by atoms with van der Waals surface area (Å²) in [7, 11) is 3.47. The maximum Gasteiger partial charge on any atom is 0.246 e. The Kier molecular flexibility index (Phi) is 7.25. The molecule has 0 aliphatic heterocycles. The lowest BCUT2D eigenvalue weighted by Crippen LogP contribution is -2.28. The van der Waals surface area contributed by atoms with Crippen molar-refractivity contribution in [3.8, 4) is 0 Å². The van der Waals surface area contributed by atoms with E-state index in [1.165, 1.54) is 12.2 Å². The Hall–Kier alpha value is -1.32. The van der Waals surface area contributed by atoms with Gasteiger partial charge in [0.15, 0.2) is 0 Å². The highest BCUT2D eigenvalue weighted by molar-refractivity contribution is 5.96. The zero-order valence-electron chi connectivity index (χ0n) is 10.7. The van der Waals surface area contributed by atoms with Crippen LogP contribution in [0.25, 0.3) is 0 Å². The van der Waals surface area contributed by atoms with Gasteiger partial charge in [0.05, 0.1) is 0 Å². The van der Waals surface area contributed by atoms with Gasteiger partial charge < -0.3 is 9.80 Å². The predicted octanol–water partition coefficient (Wildman–Crippen LogP) is 1.28. The summed E-state index contributed by atoms with van der Waals surface area (Å²) in [6.07, 6.45) is 4.51. The molecule has 16 heavy (non-hydrogen) atoms. The van der Waals surface area contributed by atoms with Gasteiger partial charge in [0.2, 0.25) is 11.8 Å². The van der Waals surface area contributed by atoms with Crippen molar-refractivity contribution in [3.63, 3.8) is 0 Å². The highest BCUT2D eigenvalue weighted by Gasteiger charge is 2.06. The fraction of sp³-hybridized carbons (Fsp3) is 0.667. The summed E-state index contributed by atoms with van der Waals surface area (Å²) in [5.74, 6) is -0.250. The van der Waals surface area contributed by atoms with Gasteiger partial charge in [-0.25, -0.2) is 0 Å². The first kappa shape index (κ1) is 14.7. The molecule has 4 nitrogen and oxygen atoms in total. The molecule has 92 valence electrons. The molecule has 0 aromatic carbocycles. The van der Waals surface area contributed by atoms with Crippen molar-refractivity contribution >= 4 is 11.8 Å². The molecular weight excluding hydrogens is 204 g/mol. The number of rotatable bonds is 6. The van der Waals surface area contributed by atoms with E-state index >= 15 is 0 Å². The quantitative estimate of drug-likeness (QED) is 0.640. The normalized spacial score (nSPS) is 10.5. The highest BCUT2D eigenvalue weighted by atomic mass is 16.2. The topological polar surface area (TPSA) is 40.6 Å². The molecule has 2 amide bonds. The largest absolute Gasteiger partial charge is 0.342 e. The van der Waals surface area contributed by atoms with Crippen LogP contribution in [0.2, 0.25) is 0 Å².